The van der Waals surface area contributed by atoms with Crippen LogP contribution in [0.25, 0.3) is 0 Å². The largest absolute Gasteiger partial charge is 0.311 e. The molecule has 1 aliphatic heterocycles. The summed E-state index contributed by atoms with van der Waals surface area (Å²) in [5.74, 6) is 1.71. The lowest BCUT2D eigenvalue weighted by atomic mass is 10.1. The molecule has 3 rings (SSSR count). The lowest BCUT2D eigenvalue weighted by Gasteiger charge is -2.23. The van der Waals surface area contributed by atoms with Crippen LogP contribution in [0.2, 0.25) is 0 Å². The van der Waals surface area contributed by atoms with Gasteiger partial charge in [0.1, 0.15) is 12.2 Å². The van der Waals surface area contributed by atoms with Crippen molar-refractivity contribution in [2.75, 3.05) is 12.3 Å². The predicted octanol–water partition coefficient (Wildman–Crippen LogP) is 0.990. The molecule has 6 heteroatoms. The smallest absolute Gasteiger partial charge is 0.138 e. The maximum atomic E-state index is 12.1. The van der Waals surface area contributed by atoms with Crippen molar-refractivity contribution in [1.29, 1.82) is 0 Å². The Morgan fingerprint density at radius 1 is 1.35 bits per heavy atom. The van der Waals surface area contributed by atoms with E-state index in [2.05, 4.69) is 15.4 Å². The molecule has 2 aromatic rings. The molecule has 0 saturated carbocycles. The third kappa shape index (κ3) is 3.13. The molecule has 2 atom stereocenters. The second kappa shape index (κ2) is 6.28. The van der Waals surface area contributed by atoms with E-state index >= 15 is 0 Å². The van der Waals surface area contributed by atoms with Gasteiger partial charge in [-0.25, -0.2) is 9.67 Å². The monoisotopic (exact) mass is 290 g/mol. The number of aromatic nitrogens is 3. The number of nitrogens with zero attached hydrogens (tertiary/aromatic N) is 3. The van der Waals surface area contributed by atoms with E-state index in [1.165, 1.54) is 0 Å². The molecule has 0 amide bonds. The van der Waals surface area contributed by atoms with E-state index in [1.807, 2.05) is 35.0 Å². The molecule has 1 aliphatic rings. The van der Waals surface area contributed by atoms with E-state index in [9.17, 15) is 4.21 Å². The minimum Gasteiger partial charge on any atom is -0.311 e. The van der Waals surface area contributed by atoms with Gasteiger partial charge in [-0.2, -0.15) is 5.10 Å². The molecule has 0 saturated heterocycles. The third-order valence-electron chi connectivity index (χ3n) is 3.53. The van der Waals surface area contributed by atoms with Crippen molar-refractivity contribution in [3.8, 4) is 0 Å². The third-order valence-corrected chi connectivity index (χ3v) is 4.90. The number of aryl methyl sites for hydroxylation is 1. The number of fused-ring (bicyclic) bond motifs is 1. The molecular weight excluding hydrogens is 272 g/mol. The van der Waals surface area contributed by atoms with Crippen molar-refractivity contribution in [2.45, 2.75) is 30.3 Å². The van der Waals surface area contributed by atoms with Gasteiger partial charge < -0.3 is 5.32 Å². The zero-order valence-corrected chi connectivity index (χ0v) is 12.1. The fourth-order valence-corrected chi connectivity index (χ4v) is 3.45. The summed E-state index contributed by atoms with van der Waals surface area (Å²) >= 11 is 0. The Labute approximate surface area is 120 Å². The van der Waals surface area contributed by atoms with Crippen LogP contribution >= 0.6 is 0 Å². The first-order valence-corrected chi connectivity index (χ1v) is 8.18. The Hall–Kier alpha value is -1.53. The van der Waals surface area contributed by atoms with Crippen molar-refractivity contribution in [3.05, 3.63) is 42.5 Å². The van der Waals surface area contributed by atoms with Crippen LogP contribution in [0, 0.1) is 0 Å². The molecule has 0 bridgehead atoms. The first-order valence-electron chi connectivity index (χ1n) is 6.86. The number of benzene rings is 1. The van der Waals surface area contributed by atoms with Crippen LogP contribution in [0.3, 0.4) is 0 Å². The van der Waals surface area contributed by atoms with Crippen molar-refractivity contribution in [2.24, 2.45) is 0 Å². The first kappa shape index (κ1) is 13.5. The second-order valence-electron chi connectivity index (χ2n) is 4.91. The number of hydrogen-bond donors (Lipinski definition) is 1. The highest BCUT2D eigenvalue weighted by molar-refractivity contribution is 7.85. The average Bonchev–Trinajstić information content (AvgIpc) is 2.95. The summed E-state index contributed by atoms with van der Waals surface area (Å²) < 4.78 is 14.0. The molecule has 1 aromatic carbocycles. The summed E-state index contributed by atoms with van der Waals surface area (Å²) in [6, 6.07) is 10.0. The van der Waals surface area contributed by atoms with E-state index in [4.69, 9.17) is 0 Å². The summed E-state index contributed by atoms with van der Waals surface area (Å²) in [5.41, 5.74) is 0. The van der Waals surface area contributed by atoms with E-state index in [1.54, 1.807) is 6.33 Å². The molecule has 106 valence electrons. The van der Waals surface area contributed by atoms with Crippen molar-refractivity contribution >= 4 is 10.8 Å². The maximum Gasteiger partial charge on any atom is 0.138 e. The lowest BCUT2D eigenvalue weighted by molar-refractivity contribution is 0.365. The fraction of sp³-hybridized carbons (Fsp3) is 0.429. The summed E-state index contributed by atoms with van der Waals surface area (Å²) in [4.78, 5) is 5.11. The molecule has 1 N–H and O–H groups in total. The highest BCUT2D eigenvalue weighted by Gasteiger charge is 2.19. The van der Waals surface area contributed by atoms with E-state index in [-0.39, 0.29) is 0 Å². The minimum absolute atomic E-state index is 0.400. The maximum absolute atomic E-state index is 12.1. The summed E-state index contributed by atoms with van der Waals surface area (Å²) in [5, 5.41) is 7.67. The first-order chi connectivity index (χ1) is 9.83. The highest BCUT2D eigenvalue weighted by atomic mass is 32.2. The Morgan fingerprint density at radius 2 is 2.20 bits per heavy atom. The summed E-state index contributed by atoms with van der Waals surface area (Å²) in [6.07, 6.45) is 3.64. The molecular formula is C14H18N4OS. The van der Waals surface area contributed by atoms with Gasteiger partial charge in [0.2, 0.25) is 0 Å². The average molecular weight is 290 g/mol. The molecule has 1 aromatic heterocycles. The van der Waals surface area contributed by atoms with Crippen molar-refractivity contribution in [3.63, 3.8) is 0 Å². The van der Waals surface area contributed by atoms with Gasteiger partial charge in [0, 0.05) is 29.7 Å². The molecule has 0 unspecified atom stereocenters. The Kier molecular flexibility index (Phi) is 4.22. The van der Waals surface area contributed by atoms with Crippen LogP contribution in [0.4, 0.5) is 0 Å². The van der Waals surface area contributed by atoms with Gasteiger partial charge in [-0.1, -0.05) is 18.2 Å². The Bertz CT molecular complexity index is 584. The number of hydrogen-bond acceptors (Lipinski definition) is 4. The van der Waals surface area contributed by atoms with Gasteiger partial charge in [0.15, 0.2) is 0 Å². The van der Waals surface area contributed by atoms with Gasteiger partial charge in [-0.15, -0.1) is 0 Å². The normalized spacial score (nSPS) is 19.5. The van der Waals surface area contributed by atoms with Crippen LogP contribution in [0.1, 0.15) is 12.2 Å². The van der Waals surface area contributed by atoms with Gasteiger partial charge in [-0.05, 0) is 18.6 Å². The minimum atomic E-state index is -0.922. The van der Waals surface area contributed by atoms with Crippen molar-refractivity contribution < 1.29 is 4.21 Å². The van der Waals surface area contributed by atoms with Crippen LogP contribution in [0.5, 0.6) is 0 Å². The van der Waals surface area contributed by atoms with Gasteiger partial charge in [0.25, 0.3) is 0 Å². The molecule has 2 heterocycles. The zero-order valence-electron chi connectivity index (χ0n) is 11.2. The van der Waals surface area contributed by atoms with Crippen LogP contribution in [-0.2, 0) is 23.8 Å². The van der Waals surface area contributed by atoms with E-state index in [0.29, 0.717) is 11.8 Å². The molecule has 0 radical (unpaired) electrons. The quantitative estimate of drug-likeness (QED) is 0.892. The fourth-order valence-electron chi connectivity index (χ4n) is 2.45. The van der Waals surface area contributed by atoms with Crippen LogP contribution < -0.4 is 5.32 Å². The van der Waals surface area contributed by atoms with Crippen molar-refractivity contribution in [1.82, 2.24) is 20.1 Å². The Balaban J connectivity index is 1.46. The molecule has 20 heavy (non-hydrogen) atoms. The van der Waals surface area contributed by atoms with E-state index < -0.39 is 10.8 Å². The topological polar surface area (TPSA) is 59.8 Å². The number of nitrogens with one attached hydrogen (secondary N) is 1. The van der Waals surface area contributed by atoms with Gasteiger partial charge in [-0.3, -0.25) is 4.21 Å². The summed E-state index contributed by atoms with van der Waals surface area (Å²) in [7, 11) is -0.922. The lowest BCUT2D eigenvalue weighted by Crippen LogP contribution is -2.39. The number of rotatable bonds is 5. The van der Waals surface area contributed by atoms with Crippen LogP contribution in [-0.4, -0.2) is 37.3 Å². The highest BCUT2D eigenvalue weighted by Crippen LogP contribution is 2.11. The second-order valence-corrected chi connectivity index (χ2v) is 6.48. The molecule has 0 aliphatic carbocycles. The van der Waals surface area contributed by atoms with Gasteiger partial charge >= 0.3 is 0 Å². The Morgan fingerprint density at radius 3 is 3.05 bits per heavy atom. The van der Waals surface area contributed by atoms with Crippen LogP contribution in [0.15, 0.2) is 41.6 Å². The molecule has 0 fully saturated rings. The predicted molar refractivity (Wildman–Crippen MR) is 77.9 cm³/mol. The zero-order chi connectivity index (χ0) is 13.8. The SMILES string of the molecule is O=[S@@](CCN[C@H]1CCc2ncnn2C1)c1ccccc1. The molecule has 5 nitrogen and oxygen atoms in total. The standard InChI is InChI=1S/C14H18N4OS/c19-20(13-4-2-1-3-5-13)9-8-15-12-6-7-14-16-11-17-18(14)10-12/h1-5,11-12,15H,6-10H2/t12-,20-/m0/s1. The van der Waals surface area contributed by atoms with E-state index in [0.717, 1.165) is 36.7 Å². The molecule has 0 spiro atoms. The van der Waals surface area contributed by atoms with Gasteiger partial charge in [0.05, 0.1) is 17.3 Å². The summed E-state index contributed by atoms with van der Waals surface area (Å²) in [6.45, 7) is 1.61.